The molecule has 2 bridgehead atoms. The van der Waals surface area contributed by atoms with Gasteiger partial charge in [0.15, 0.2) is 0 Å². The van der Waals surface area contributed by atoms with Crippen molar-refractivity contribution in [1.82, 2.24) is 4.90 Å². The fourth-order valence-corrected chi connectivity index (χ4v) is 4.82. The quantitative estimate of drug-likeness (QED) is 0.718. The first-order valence-corrected chi connectivity index (χ1v) is 10.4. The number of nitrogens with zero attached hydrogens (tertiary/aromatic N) is 1. The van der Waals surface area contributed by atoms with Crippen molar-refractivity contribution >= 4 is 11.7 Å². The average Bonchev–Trinajstić information content (AvgIpc) is 2.63. The van der Waals surface area contributed by atoms with Gasteiger partial charge in [0.2, 0.25) is 0 Å². The van der Waals surface area contributed by atoms with Gasteiger partial charge in [0.05, 0.1) is 0 Å². The van der Waals surface area contributed by atoms with E-state index in [0.29, 0.717) is 5.92 Å². The maximum Gasteiger partial charge on any atom is 0.410 e. The minimum absolute atomic E-state index is 0.0263. The Hall–Kier alpha value is -2.49. The lowest BCUT2D eigenvalue weighted by Crippen LogP contribution is -2.60. The topological polar surface area (TPSA) is 55.6 Å². The Morgan fingerprint density at radius 3 is 2.72 bits per heavy atom. The lowest BCUT2D eigenvalue weighted by atomic mass is 9.59. The molecule has 1 aliphatic heterocycles. The summed E-state index contributed by atoms with van der Waals surface area (Å²) >= 11 is 0. The van der Waals surface area contributed by atoms with Crippen LogP contribution >= 0.6 is 0 Å². The molecule has 1 heterocycles. The van der Waals surface area contributed by atoms with Crippen LogP contribution in [-0.2, 0) is 16.6 Å². The van der Waals surface area contributed by atoms with Gasteiger partial charge in [-0.3, -0.25) is 0 Å². The maximum atomic E-state index is 12.8. The molecule has 156 valence electrons. The van der Waals surface area contributed by atoms with Crippen molar-refractivity contribution in [2.45, 2.75) is 64.5 Å². The number of ether oxygens (including phenoxy) is 1. The average molecular weight is 395 g/mol. The number of nitrogens with two attached hydrogens (primary N) is 1. The molecule has 4 heteroatoms. The number of fused-ring (bicyclic) bond motifs is 4. The van der Waals surface area contributed by atoms with E-state index < -0.39 is 5.60 Å². The van der Waals surface area contributed by atoms with Gasteiger partial charge in [0, 0.05) is 12.6 Å². The summed E-state index contributed by atoms with van der Waals surface area (Å²) in [6, 6.07) is 6.82. The lowest BCUT2D eigenvalue weighted by molar-refractivity contribution is -0.0164. The summed E-state index contributed by atoms with van der Waals surface area (Å²) in [4.78, 5) is 14.8. The third-order valence-electron chi connectivity index (χ3n) is 6.54. The summed E-state index contributed by atoms with van der Waals surface area (Å²) in [6.45, 7) is 14.9. The van der Waals surface area contributed by atoms with Crippen LogP contribution in [0.2, 0.25) is 0 Å². The summed E-state index contributed by atoms with van der Waals surface area (Å²) in [6.07, 6.45) is 8.83. The Bertz CT molecular complexity index is 862. The molecule has 1 fully saturated rings. The van der Waals surface area contributed by atoms with Crippen molar-refractivity contribution in [2.24, 2.45) is 11.7 Å². The molecule has 0 aromatic heterocycles. The highest BCUT2D eigenvalue weighted by Gasteiger charge is 2.50. The Morgan fingerprint density at radius 1 is 1.38 bits per heavy atom. The van der Waals surface area contributed by atoms with Crippen molar-refractivity contribution in [2.75, 3.05) is 6.54 Å². The molecule has 3 atom stereocenters. The van der Waals surface area contributed by atoms with Crippen molar-refractivity contribution in [1.29, 1.82) is 0 Å². The van der Waals surface area contributed by atoms with Crippen molar-refractivity contribution in [3.63, 3.8) is 0 Å². The van der Waals surface area contributed by atoms with Gasteiger partial charge in [-0.25, -0.2) is 4.79 Å². The summed E-state index contributed by atoms with van der Waals surface area (Å²) in [7, 11) is 0. The molecule has 1 aromatic carbocycles. The predicted molar refractivity (Wildman–Crippen MR) is 120 cm³/mol. The first-order valence-electron chi connectivity index (χ1n) is 10.4. The minimum atomic E-state index is -0.479. The smallest absolute Gasteiger partial charge is 0.410 e. The molecule has 29 heavy (non-hydrogen) atoms. The molecule has 4 nitrogen and oxygen atoms in total. The highest BCUT2D eigenvalue weighted by atomic mass is 16.6. The van der Waals surface area contributed by atoms with Crippen molar-refractivity contribution in [3.8, 4) is 0 Å². The maximum absolute atomic E-state index is 12.8. The number of benzene rings is 1. The predicted octanol–water partition coefficient (Wildman–Crippen LogP) is 5.19. The number of rotatable bonds is 3. The Kier molecular flexibility index (Phi) is 5.66. The second-order valence-corrected chi connectivity index (χ2v) is 9.49. The van der Waals surface area contributed by atoms with Crippen LogP contribution in [0.15, 0.2) is 49.2 Å². The number of hydrogen-bond acceptors (Lipinski definition) is 3. The van der Waals surface area contributed by atoms with Gasteiger partial charge in [-0.1, -0.05) is 50.8 Å². The zero-order valence-corrected chi connectivity index (χ0v) is 18.4. The van der Waals surface area contributed by atoms with Crippen LogP contribution in [0.3, 0.4) is 0 Å². The van der Waals surface area contributed by atoms with Gasteiger partial charge in [-0.2, -0.15) is 0 Å². The van der Waals surface area contributed by atoms with E-state index in [-0.39, 0.29) is 17.6 Å². The molecule has 0 saturated carbocycles. The number of piperidine rings is 1. The van der Waals surface area contributed by atoms with E-state index in [0.717, 1.165) is 30.5 Å². The fourth-order valence-electron chi connectivity index (χ4n) is 4.82. The molecule has 1 amide bonds. The molecule has 2 aliphatic rings. The second-order valence-electron chi connectivity index (χ2n) is 9.49. The largest absolute Gasteiger partial charge is 0.444 e. The second kappa shape index (κ2) is 7.74. The van der Waals surface area contributed by atoms with Crippen LogP contribution < -0.4 is 5.73 Å². The van der Waals surface area contributed by atoms with Crippen LogP contribution in [0, 0.1) is 5.92 Å². The van der Waals surface area contributed by atoms with Gasteiger partial charge in [-0.05, 0) is 79.5 Å². The summed E-state index contributed by atoms with van der Waals surface area (Å²) in [5.41, 5.74) is 10.1. The van der Waals surface area contributed by atoms with Gasteiger partial charge in [0.25, 0.3) is 0 Å². The first-order chi connectivity index (χ1) is 13.6. The van der Waals surface area contributed by atoms with Gasteiger partial charge in [0.1, 0.15) is 5.60 Å². The molecular weight excluding hydrogens is 360 g/mol. The van der Waals surface area contributed by atoms with Crippen LogP contribution in [0.4, 0.5) is 4.79 Å². The van der Waals surface area contributed by atoms with E-state index in [1.54, 1.807) is 12.3 Å². The molecule has 0 unspecified atom stereocenters. The lowest BCUT2D eigenvalue weighted by Gasteiger charge is -2.54. The molecule has 3 rings (SSSR count). The fraction of sp³-hybridized carbons (Fsp3) is 0.480. The summed E-state index contributed by atoms with van der Waals surface area (Å²) in [5, 5.41) is 0. The zero-order valence-electron chi connectivity index (χ0n) is 18.4. The van der Waals surface area contributed by atoms with Gasteiger partial charge in [-0.15, -0.1) is 0 Å². The minimum Gasteiger partial charge on any atom is -0.444 e. The molecule has 1 aromatic rings. The Balaban J connectivity index is 1.98. The van der Waals surface area contributed by atoms with Crippen molar-refractivity contribution < 1.29 is 9.53 Å². The number of amides is 1. The number of allylic oxidation sites excluding steroid dienone is 4. The van der Waals surface area contributed by atoms with Crippen molar-refractivity contribution in [3.05, 3.63) is 65.9 Å². The van der Waals surface area contributed by atoms with E-state index in [2.05, 4.69) is 38.6 Å². The van der Waals surface area contributed by atoms with E-state index in [4.69, 9.17) is 10.5 Å². The van der Waals surface area contributed by atoms with E-state index in [9.17, 15) is 4.79 Å². The number of carbonyl (C=O) groups excluding carboxylic acids is 1. The third kappa shape index (κ3) is 3.98. The number of carbonyl (C=O) groups is 1. The normalized spacial score (nSPS) is 26.9. The third-order valence-corrected chi connectivity index (χ3v) is 6.54. The van der Waals surface area contributed by atoms with Crippen LogP contribution in [0.1, 0.15) is 57.7 Å². The number of likely N-dealkylation sites (tertiary alicyclic amines) is 1. The Morgan fingerprint density at radius 2 is 2.10 bits per heavy atom. The highest BCUT2D eigenvalue weighted by Crippen LogP contribution is 2.49. The molecule has 1 saturated heterocycles. The summed E-state index contributed by atoms with van der Waals surface area (Å²) in [5.74, 6) is 0.350. The molecular formula is C25H34N2O2. The monoisotopic (exact) mass is 394 g/mol. The Labute approximate surface area is 175 Å². The molecule has 2 N–H and O–H groups in total. The number of hydrogen-bond donors (Lipinski definition) is 1. The molecule has 1 aliphatic carbocycles. The molecule has 0 spiro atoms. The van der Waals surface area contributed by atoms with Gasteiger partial charge >= 0.3 is 6.09 Å². The van der Waals surface area contributed by atoms with E-state index >= 15 is 0 Å². The SMILES string of the molecule is C=C/C=C(\C=C/N)c1ccc2c(c1)[C@]1(C)CCN(C(=O)OC(C)(C)C)[C@H](C2)[C@H]1C. The van der Waals surface area contributed by atoms with Gasteiger partial charge < -0.3 is 15.4 Å². The zero-order chi connectivity index (χ0) is 21.4. The standard InChI is InChI=1S/C25H34N2O2/c1-7-8-18(11-13-26)19-9-10-20-16-22-17(2)25(6,21(20)15-19)12-14-27(22)23(28)29-24(3,4)5/h7-11,13,15,17,22H,1,12,14,16,26H2,2-6H3/b13-11-,18-8+/t17-,22-,25-/m1/s1. The van der Waals surface area contributed by atoms with E-state index in [1.165, 1.54) is 11.1 Å². The highest BCUT2D eigenvalue weighted by molar-refractivity contribution is 5.76. The van der Waals surface area contributed by atoms with E-state index in [1.807, 2.05) is 37.8 Å². The van der Waals surface area contributed by atoms with Crippen LogP contribution in [0.25, 0.3) is 5.57 Å². The molecule has 0 radical (unpaired) electrons. The first kappa shape index (κ1) is 21.2. The van der Waals surface area contributed by atoms with Crippen LogP contribution in [-0.4, -0.2) is 29.2 Å². The van der Waals surface area contributed by atoms with Crippen LogP contribution in [0.5, 0.6) is 0 Å². The summed E-state index contributed by atoms with van der Waals surface area (Å²) < 4.78 is 5.69.